The molecule has 152 valence electrons. The van der Waals surface area contributed by atoms with Crippen LogP contribution in [0.5, 0.6) is 0 Å². The van der Waals surface area contributed by atoms with Crippen LogP contribution < -0.4 is 56.3 Å². The van der Waals surface area contributed by atoms with Crippen molar-refractivity contribution in [1.82, 2.24) is 0 Å². The SMILES string of the molecule is CCCCCCCCCCCCCCCCCCCCOP(=O)([O-])O.[K+]. The van der Waals surface area contributed by atoms with Gasteiger partial charge < -0.3 is 14.3 Å². The first kappa shape index (κ1) is 29.9. The van der Waals surface area contributed by atoms with E-state index in [9.17, 15) is 9.46 Å². The van der Waals surface area contributed by atoms with E-state index in [2.05, 4.69) is 11.4 Å². The van der Waals surface area contributed by atoms with Crippen molar-refractivity contribution < 1.29 is 70.3 Å². The molecule has 0 aromatic heterocycles. The number of rotatable bonds is 20. The second-order valence-electron chi connectivity index (χ2n) is 7.31. The van der Waals surface area contributed by atoms with E-state index in [1.165, 1.54) is 96.3 Å². The Balaban J connectivity index is 0. The van der Waals surface area contributed by atoms with Crippen LogP contribution in [0.15, 0.2) is 0 Å². The van der Waals surface area contributed by atoms with E-state index < -0.39 is 7.82 Å². The van der Waals surface area contributed by atoms with E-state index in [1.54, 1.807) is 0 Å². The van der Waals surface area contributed by atoms with Gasteiger partial charge in [-0.15, -0.1) is 0 Å². The van der Waals surface area contributed by atoms with Crippen LogP contribution in [0.2, 0.25) is 0 Å². The van der Waals surface area contributed by atoms with Crippen molar-refractivity contribution in [2.75, 3.05) is 6.61 Å². The van der Waals surface area contributed by atoms with Crippen LogP contribution in [0.3, 0.4) is 0 Å². The number of phosphoric acid groups is 1. The Morgan fingerprint density at radius 1 is 0.654 bits per heavy atom. The molecule has 0 aliphatic heterocycles. The van der Waals surface area contributed by atoms with Crippen molar-refractivity contribution >= 4 is 7.82 Å². The minimum absolute atomic E-state index is 0. The molecule has 0 fully saturated rings. The second kappa shape index (κ2) is 23.0. The molecule has 1 N–H and O–H groups in total. The first-order chi connectivity index (χ1) is 12.1. The number of hydrogen-bond acceptors (Lipinski definition) is 3. The van der Waals surface area contributed by atoms with Crippen molar-refractivity contribution in [3.05, 3.63) is 0 Å². The van der Waals surface area contributed by atoms with Gasteiger partial charge in [0.15, 0.2) is 0 Å². The number of hydrogen-bond donors (Lipinski definition) is 1. The minimum atomic E-state index is -4.51. The molecule has 0 amide bonds. The summed E-state index contributed by atoms with van der Waals surface area (Å²) in [5.74, 6) is 0. The smallest absolute Gasteiger partial charge is 0.756 e. The Bertz CT molecular complexity index is 310. The summed E-state index contributed by atoms with van der Waals surface area (Å²) in [5, 5.41) is 0. The molecule has 4 nitrogen and oxygen atoms in total. The van der Waals surface area contributed by atoms with Gasteiger partial charge in [-0.05, 0) is 6.42 Å². The molecular formula is C20H42KO4P. The van der Waals surface area contributed by atoms with Crippen LogP contribution in [0.4, 0.5) is 0 Å². The van der Waals surface area contributed by atoms with Crippen molar-refractivity contribution in [1.29, 1.82) is 0 Å². The molecule has 0 rings (SSSR count). The van der Waals surface area contributed by atoms with Crippen LogP contribution in [0.25, 0.3) is 0 Å². The molecule has 0 aliphatic carbocycles. The summed E-state index contributed by atoms with van der Waals surface area (Å²) in [6, 6.07) is 0. The molecule has 1 atom stereocenters. The Kier molecular flexibility index (Phi) is 26.5. The van der Waals surface area contributed by atoms with Gasteiger partial charge in [0.25, 0.3) is 7.82 Å². The molecule has 6 heteroatoms. The van der Waals surface area contributed by atoms with Gasteiger partial charge in [0.2, 0.25) is 0 Å². The second-order valence-corrected chi connectivity index (χ2v) is 8.51. The van der Waals surface area contributed by atoms with Crippen molar-refractivity contribution in [3.8, 4) is 0 Å². The normalized spacial score (nSPS) is 13.3. The average Bonchev–Trinajstić information content (AvgIpc) is 2.56. The first-order valence-corrected chi connectivity index (χ1v) is 12.2. The zero-order valence-electron chi connectivity index (χ0n) is 17.6. The molecule has 0 saturated heterocycles. The molecule has 0 bridgehead atoms. The van der Waals surface area contributed by atoms with Crippen LogP contribution in [0.1, 0.15) is 122 Å². The largest absolute Gasteiger partial charge is 1.00 e. The van der Waals surface area contributed by atoms with Gasteiger partial charge >= 0.3 is 51.4 Å². The monoisotopic (exact) mass is 416 g/mol. The van der Waals surface area contributed by atoms with E-state index >= 15 is 0 Å². The summed E-state index contributed by atoms with van der Waals surface area (Å²) in [7, 11) is -4.51. The van der Waals surface area contributed by atoms with E-state index in [4.69, 9.17) is 4.89 Å². The summed E-state index contributed by atoms with van der Waals surface area (Å²) in [6.07, 6.45) is 23.4. The van der Waals surface area contributed by atoms with Gasteiger partial charge in [0, 0.05) is 0 Å². The third kappa shape index (κ3) is 28.0. The summed E-state index contributed by atoms with van der Waals surface area (Å²) in [4.78, 5) is 18.8. The fourth-order valence-corrected chi connectivity index (χ4v) is 3.54. The molecule has 0 aliphatic rings. The molecule has 26 heavy (non-hydrogen) atoms. The van der Waals surface area contributed by atoms with Crippen LogP contribution >= 0.6 is 7.82 Å². The van der Waals surface area contributed by atoms with Crippen molar-refractivity contribution in [3.63, 3.8) is 0 Å². The molecule has 1 unspecified atom stereocenters. The van der Waals surface area contributed by atoms with Crippen LogP contribution in [0, 0.1) is 0 Å². The van der Waals surface area contributed by atoms with E-state index in [1.807, 2.05) is 0 Å². The third-order valence-electron chi connectivity index (χ3n) is 4.75. The van der Waals surface area contributed by atoms with Crippen molar-refractivity contribution in [2.45, 2.75) is 122 Å². The quantitative estimate of drug-likeness (QED) is 0.187. The van der Waals surface area contributed by atoms with E-state index in [0.717, 1.165) is 12.8 Å². The Labute approximate surface area is 205 Å². The predicted molar refractivity (Wildman–Crippen MR) is 105 cm³/mol. The van der Waals surface area contributed by atoms with Crippen LogP contribution in [-0.2, 0) is 9.09 Å². The molecule has 0 heterocycles. The van der Waals surface area contributed by atoms with Gasteiger partial charge in [-0.3, -0.25) is 4.57 Å². The predicted octanol–water partition coefficient (Wildman–Crippen LogP) is 3.51. The topological polar surface area (TPSA) is 69.6 Å². The van der Waals surface area contributed by atoms with Gasteiger partial charge in [0.1, 0.15) is 0 Å². The van der Waals surface area contributed by atoms with Gasteiger partial charge in [0.05, 0.1) is 6.61 Å². The summed E-state index contributed by atoms with van der Waals surface area (Å²) >= 11 is 0. The first-order valence-electron chi connectivity index (χ1n) is 10.7. The standard InChI is InChI=1S/C20H43O4P.K/c1-2-3-4-5-6-7-8-9-10-11-12-13-14-15-16-17-18-19-20-24-25(21,22)23;/h2-20H2,1H3,(H2,21,22,23);/q;+1/p-1. The number of phosphoric ester groups is 1. The number of unbranched alkanes of at least 4 members (excludes halogenated alkanes) is 17. The van der Waals surface area contributed by atoms with Gasteiger partial charge in [-0.2, -0.15) is 0 Å². The maximum Gasteiger partial charge on any atom is 1.00 e. The molecule has 0 aromatic carbocycles. The van der Waals surface area contributed by atoms with Crippen LogP contribution in [-0.4, -0.2) is 11.5 Å². The van der Waals surface area contributed by atoms with E-state index in [-0.39, 0.29) is 58.0 Å². The molecular weight excluding hydrogens is 374 g/mol. The Morgan fingerprint density at radius 2 is 0.923 bits per heavy atom. The van der Waals surface area contributed by atoms with Gasteiger partial charge in [-0.1, -0.05) is 116 Å². The zero-order chi connectivity index (χ0) is 18.6. The third-order valence-corrected chi connectivity index (χ3v) is 5.26. The Hall–Kier alpha value is 1.75. The minimum Gasteiger partial charge on any atom is -0.756 e. The maximum atomic E-state index is 10.4. The summed E-state index contributed by atoms with van der Waals surface area (Å²) < 4.78 is 14.7. The summed E-state index contributed by atoms with van der Waals surface area (Å²) in [6.45, 7) is 2.38. The molecule has 0 saturated carbocycles. The van der Waals surface area contributed by atoms with E-state index in [0.29, 0.717) is 6.42 Å². The van der Waals surface area contributed by atoms with Gasteiger partial charge in [-0.25, -0.2) is 0 Å². The Morgan fingerprint density at radius 3 is 1.19 bits per heavy atom. The van der Waals surface area contributed by atoms with Crippen molar-refractivity contribution in [2.24, 2.45) is 0 Å². The maximum absolute atomic E-state index is 10.4. The molecule has 0 aromatic rings. The summed E-state index contributed by atoms with van der Waals surface area (Å²) in [5.41, 5.74) is 0. The fraction of sp³-hybridized carbons (Fsp3) is 1.00. The molecule has 0 spiro atoms. The average molecular weight is 417 g/mol. The fourth-order valence-electron chi connectivity index (χ4n) is 3.18. The molecule has 0 radical (unpaired) electrons. The zero-order valence-corrected chi connectivity index (χ0v) is 21.6.